The molecule has 3 atom stereocenters. The molecule has 3 unspecified atom stereocenters. The first kappa shape index (κ1) is 18.9. The number of hydroxylamine groups is 1. The summed E-state index contributed by atoms with van der Waals surface area (Å²) in [5.41, 5.74) is 1.96. The molecule has 0 spiro atoms. The number of allylic oxidation sites excluding steroid dienone is 1. The lowest BCUT2D eigenvalue weighted by Crippen LogP contribution is -2.47. The number of carbonyl (C=O) groups is 1. The Labute approximate surface area is 163 Å². The minimum atomic E-state index is -0.0176. The molecule has 1 aromatic rings. The Balaban J connectivity index is 1.91. The van der Waals surface area contributed by atoms with E-state index < -0.39 is 0 Å². The lowest BCUT2D eigenvalue weighted by atomic mass is 10.0. The summed E-state index contributed by atoms with van der Waals surface area (Å²) < 4.78 is 0. The van der Waals surface area contributed by atoms with Gasteiger partial charge in [-0.3, -0.25) is 4.79 Å². The van der Waals surface area contributed by atoms with Crippen LogP contribution in [-0.4, -0.2) is 33.7 Å². The third-order valence-corrected chi connectivity index (χ3v) is 7.00. The van der Waals surface area contributed by atoms with Crippen LogP contribution >= 0.6 is 35.0 Å². The summed E-state index contributed by atoms with van der Waals surface area (Å²) in [5.74, 6) is 1.18. The van der Waals surface area contributed by atoms with Crippen LogP contribution in [0.4, 0.5) is 0 Å². The van der Waals surface area contributed by atoms with Crippen LogP contribution in [0.2, 0.25) is 10.0 Å². The van der Waals surface area contributed by atoms with E-state index in [9.17, 15) is 4.79 Å². The van der Waals surface area contributed by atoms with Gasteiger partial charge in [0.25, 0.3) is 0 Å². The second kappa shape index (κ2) is 8.21. The highest BCUT2D eigenvalue weighted by atomic mass is 35.5. The molecule has 0 aliphatic carbocycles. The lowest BCUT2D eigenvalue weighted by Gasteiger charge is -2.40. The van der Waals surface area contributed by atoms with Crippen LogP contribution < -0.4 is 0 Å². The molecular weight excluding hydrogens is 379 g/mol. The zero-order chi connectivity index (χ0) is 18.0. The van der Waals surface area contributed by atoms with E-state index in [4.69, 9.17) is 28.0 Å². The standard InChI is InChI=1S/C18H22Cl2N2O2S/c1-12-9-17(18-5-3-4-8-25-18)21(22(12)24-11-23)13(2)14-6-7-15(19)16(20)10-14/h6-7,9-11,13,17-18H,3-5,8H2,1-2H3. The highest BCUT2D eigenvalue weighted by molar-refractivity contribution is 8.00. The number of hydrazine groups is 1. The van der Waals surface area contributed by atoms with Crippen LogP contribution in [0.1, 0.15) is 44.7 Å². The predicted molar refractivity (Wildman–Crippen MR) is 103 cm³/mol. The molecule has 0 saturated carbocycles. The summed E-state index contributed by atoms with van der Waals surface area (Å²) in [6, 6.07) is 5.82. The second-order valence-electron chi connectivity index (χ2n) is 6.41. The highest BCUT2D eigenvalue weighted by Gasteiger charge is 2.41. The quantitative estimate of drug-likeness (QED) is 0.631. The Morgan fingerprint density at radius 3 is 2.76 bits per heavy atom. The van der Waals surface area contributed by atoms with Gasteiger partial charge < -0.3 is 4.84 Å². The van der Waals surface area contributed by atoms with Gasteiger partial charge in [-0.2, -0.15) is 16.8 Å². The Morgan fingerprint density at radius 1 is 1.32 bits per heavy atom. The number of carbonyl (C=O) groups excluding carboxylic acids is 1. The maximum absolute atomic E-state index is 11.0. The first-order valence-electron chi connectivity index (χ1n) is 8.46. The zero-order valence-corrected chi connectivity index (χ0v) is 16.7. The first-order valence-corrected chi connectivity index (χ1v) is 10.3. The average Bonchev–Trinajstić information content (AvgIpc) is 2.94. The van der Waals surface area contributed by atoms with E-state index in [1.54, 1.807) is 11.2 Å². The Kier molecular flexibility index (Phi) is 6.21. The van der Waals surface area contributed by atoms with E-state index in [2.05, 4.69) is 18.0 Å². The van der Waals surface area contributed by atoms with Gasteiger partial charge in [-0.1, -0.05) is 35.7 Å². The molecule has 25 heavy (non-hydrogen) atoms. The molecule has 1 fully saturated rings. The number of hydrogen-bond donors (Lipinski definition) is 0. The molecular formula is C18H22Cl2N2O2S. The fourth-order valence-electron chi connectivity index (χ4n) is 3.52. The van der Waals surface area contributed by atoms with Gasteiger partial charge >= 0.3 is 6.47 Å². The van der Waals surface area contributed by atoms with Crippen molar-refractivity contribution in [1.29, 1.82) is 0 Å². The average molecular weight is 401 g/mol. The van der Waals surface area contributed by atoms with Gasteiger partial charge in [0.1, 0.15) is 0 Å². The molecule has 0 amide bonds. The minimum absolute atomic E-state index is 0.0176. The molecule has 1 aromatic carbocycles. The number of benzene rings is 1. The molecule has 2 aliphatic rings. The Hall–Kier alpha value is -0.880. The van der Waals surface area contributed by atoms with Gasteiger partial charge in [0, 0.05) is 5.25 Å². The highest BCUT2D eigenvalue weighted by Crippen LogP contribution is 2.40. The van der Waals surface area contributed by atoms with Crippen LogP contribution in [0.15, 0.2) is 30.0 Å². The van der Waals surface area contributed by atoms with Crippen molar-refractivity contribution in [3.05, 3.63) is 45.6 Å². The molecule has 4 nitrogen and oxygen atoms in total. The summed E-state index contributed by atoms with van der Waals surface area (Å²) in [7, 11) is 0. The van der Waals surface area contributed by atoms with E-state index in [0.29, 0.717) is 21.8 Å². The maximum Gasteiger partial charge on any atom is 0.322 e. The van der Waals surface area contributed by atoms with E-state index in [1.807, 2.05) is 30.8 Å². The van der Waals surface area contributed by atoms with Crippen molar-refractivity contribution in [2.45, 2.75) is 50.4 Å². The minimum Gasteiger partial charge on any atom is -0.329 e. The largest absolute Gasteiger partial charge is 0.329 e. The normalized spacial score (nSPS) is 25.6. The number of nitrogens with zero attached hydrogens (tertiary/aromatic N) is 2. The van der Waals surface area contributed by atoms with Gasteiger partial charge in [-0.25, -0.2) is 0 Å². The summed E-state index contributed by atoms with van der Waals surface area (Å²) in [6.07, 6.45) is 5.87. The molecule has 7 heteroatoms. The van der Waals surface area contributed by atoms with Crippen LogP contribution in [0.3, 0.4) is 0 Å². The number of rotatable bonds is 5. The van der Waals surface area contributed by atoms with Crippen LogP contribution in [0.25, 0.3) is 0 Å². The van der Waals surface area contributed by atoms with E-state index in [-0.39, 0.29) is 12.1 Å². The van der Waals surface area contributed by atoms with E-state index in [1.165, 1.54) is 25.0 Å². The molecule has 3 rings (SSSR count). The molecule has 0 radical (unpaired) electrons. The van der Waals surface area contributed by atoms with Crippen molar-refractivity contribution in [1.82, 2.24) is 10.2 Å². The smallest absolute Gasteiger partial charge is 0.322 e. The second-order valence-corrected chi connectivity index (χ2v) is 8.57. The fourth-order valence-corrected chi connectivity index (χ4v) is 5.24. The van der Waals surface area contributed by atoms with Crippen molar-refractivity contribution >= 4 is 41.4 Å². The van der Waals surface area contributed by atoms with E-state index >= 15 is 0 Å². The van der Waals surface area contributed by atoms with Crippen LogP contribution in [0.5, 0.6) is 0 Å². The van der Waals surface area contributed by atoms with Gasteiger partial charge in [0.05, 0.1) is 27.8 Å². The molecule has 136 valence electrons. The van der Waals surface area contributed by atoms with Crippen LogP contribution in [0, 0.1) is 0 Å². The summed E-state index contributed by atoms with van der Waals surface area (Å²) in [4.78, 5) is 16.3. The summed E-state index contributed by atoms with van der Waals surface area (Å²) in [6.45, 7) is 4.53. The number of thioether (sulfide) groups is 1. The van der Waals surface area contributed by atoms with Gasteiger partial charge in [-0.05, 0) is 56.2 Å². The van der Waals surface area contributed by atoms with Gasteiger partial charge in [0.2, 0.25) is 0 Å². The molecule has 2 heterocycles. The van der Waals surface area contributed by atoms with Gasteiger partial charge in [0.15, 0.2) is 0 Å². The Bertz CT molecular complexity index is 664. The molecule has 0 N–H and O–H groups in total. The third-order valence-electron chi connectivity index (χ3n) is 4.79. The van der Waals surface area contributed by atoms with Gasteiger partial charge in [-0.15, -0.1) is 5.17 Å². The van der Waals surface area contributed by atoms with Crippen molar-refractivity contribution < 1.29 is 9.63 Å². The third kappa shape index (κ3) is 3.95. The lowest BCUT2D eigenvalue weighted by molar-refractivity contribution is -0.246. The van der Waals surface area contributed by atoms with Crippen LogP contribution in [-0.2, 0) is 9.63 Å². The molecule has 0 bridgehead atoms. The van der Waals surface area contributed by atoms with E-state index in [0.717, 1.165) is 11.3 Å². The SMILES string of the molecule is CC1=CC(C2CCCCS2)N(C(C)c2ccc(Cl)c(Cl)c2)N1OC=O. The first-order chi connectivity index (χ1) is 12.0. The predicted octanol–water partition coefficient (Wildman–Crippen LogP) is 5.23. The Morgan fingerprint density at radius 2 is 2.12 bits per heavy atom. The zero-order valence-electron chi connectivity index (χ0n) is 14.3. The van der Waals surface area contributed by atoms with Crippen molar-refractivity contribution in [3.63, 3.8) is 0 Å². The van der Waals surface area contributed by atoms with Crippen molar-refractivity contribution in [2.75, 3.05) is 5.75 Å². The fraction of sp³-hybridized carbons (Fsp3) is 0.500. The number of hydrogen-bond acceptors (Lipinski definition) is 5. The maximum atomic E-state index is 11.0. The monoisotopic (exact) mass is 400 g/mol. The number of halogens is 2. The van der Waals surface area contributed by atoms with Crippen molar-refractivity contribution in [2.24, 2.45) is 0 Å². The molecule has 0 aromatic heterocycles. The summed E-state index contributed by atoms with van der Waals surface area (Å²) in [5, 5.41) is 5.29. The van der Waals surface area contributed by atoms with Crippen molar-refractivity contribution in [3.8, 4) is 0 Å². The topological polar surface area (TPSA) is 32.8 Å². The molecule has 1 saturated heterocycles. The summed E-state index contributed by atoms with van der Waals surface area (Å²) >= 11 is 14.3. The molecule has 2 aliphatic heterocycles.